The van der Waals surface area contributed by atoms with E-state index in [0.29, 0.717) is 13.2 Å². The molecule has 1 saturated heterocycles. The first-order chi connectivity index (χ1) is 13.3. The van der Waals surface area contributed by atoms with Crippen LogP contribution in [0.3, 0.4) is 0 Å². The van der Waals surface area contributed by atoms with Crippen molar-refractivity contribution in [2.75, 3.05) is 32.0 Å². The Hall–Kier alpha value is -2.35. The molecular weight excluding hydrogens is 410 g/mol. The highest BCUT2D eigenvalue weighted by Gasteiger charge is 2.26. The Morgan fingerprint density at radius 2 is 1.96 bits per heavy atom. The normalized spacial score (nSPS) is 16.7. The number of morpholine rings is 1. The summed E-state index contributed by atoms with van der Waals surface area (Å²) in [7, 11) is 0. The molecule has 2 aromatic rings. The van der Waals surface area contributed by atoms with E-state index >= 15 is 0 Å². The molecule has 1 fully saturated rings. The average Bonchev–Trinajstić information content (AvgIpc) is 2.69. The van der Waals surface area contributed by atoms with Gasteiger partial charge < -0.3 is 20.1 Å². The number of ether oxygens (including phenoxy) is 2. The van der Waals surface area contributed by atoms with E-state index in [-0.39, 0.29) is 45.7 Å². The van der Waals surface area contributed by atoms with Crippen LogP contribution >= 0.6 is 23.2 Å². The van der Waals surface area contributed by atoms with Gasteiger partial charge in [-0.25, -0.2) is 9.18 Å². The van der Waals surface area contributed by atoms with Gasteiger partial charge in [-0.3, -0.25) is 4.79 Å². The Morgan fingerprint density at radius 1 is 1.25 bits per heavy atom. The minimum atomic E-state index is -0.793. The lowest BCUT2D eigenvalue weighted by Gasteiger charge is -2.33. The maximum Gasteiger partial charge on any atom is 0.340 e. The topological polar surface area (TPSA) is 81.9 Å². The highest BCUT2D eigenvalue weighted by molar-refractivity contribution is 6.37. The fourth-order valence-corrected chi connectivity index (χ4v) is 3.30. The number of nitrogen functional groups attached to an aromatic ring is 1. The fourth-order valence-electron chi connectivity index (χ4n) is 2.80. The monoisotopic (exact) mass is 426 g/mol. The van der Waals surface area contributed by atoms with E-state index in [2.05, 4.69) is 0 Å². The molecule has 28 heavy (non-hydrogen) atoms. The number of nitrogens with zero attached hydrogens (tertiary/aromatic N) is 1. The van der Waals surface area contributed by atoms with Crippen LogP contribution in [0, 0.1) is 5.82 Å². The molecule has 3 rings (SSSR count). The molecule has 2 N–H and O–H groups in total. The van der Waals surface area contributed by atoms with Crippen LogP contribution in [0.1, 0.15) is 22.0 Å². The molecule has 0 bridgehead atoms. The molecule has 148 valence electrons. The van der Waals surface area contributed by atoms with Crippen LogP contribution in [-0.4, -0.2) is 43.1 Å². The van der Waals surface area contributed by atoms with Gasteiger partial charge in [0.15, 0.2) is 6.61 Å². The SMILES string of the molecule is Nc1c(Cl)cc(Cl)cc1C(=O)OCC(=O)N1CCOC(c2ccc(F)cc2)C1. The minimum absolute atomic E-state index is 0.00327. The van der Waals surface area contributed by atoms with Crippen molar-refractivity contribution in [3.05, 3.63) is 63.4 Å². The Bertz CT molecular complexity index is 892. The third-order valence-corrected chi connectivity index (χ3v) is 4.83. The number of hydrogen-bond donors (Lipinski definition) is 1. The Labute approximate surface area is 170 Å². The molecule has 0 saturated carbocycles. The van der Waals surface area contributed by atoms with Crippen LogP contribution in [0.25, 0.3) is 0 Å². The van der Waals surface area contributed by atoms with E-state index < -0.39 is 12.6 Å². The van der Waals surface area contributed by atoms with Crippen LogP contribution in [0.5, 0.6) is 0 Å². The van der Waals surface area contributed by atoms with E-state index in [1.807, 2.05) is 0 Å². The number of benzene rings is 2. The number of rotatable bonds is 4. The molecule has 1 unspecified atom stereocenters. The molecule has 0 spiro atoms. The van der Waals surface area contributed by atoms with Crippen LogP contribution in [0.4, 0.5) is 10.1 Å². The summed E-state index contributed by atoms with van der Waals surface area (Å²) in [4.78, 5) is 26.2. The van der Waals surface area contributed by atoms with Crippen molar-refractivity contribution in [2.45, 2.75) is 6.10 Å². The first kappa shape index (κ1) is 20.4. The van der Waals surface area contributed by atoms with Gasteiger partial charge in [-0.05, 0) is 29.8 Å². The largest absolute Gasteiger partial charge is 0.452 e. The zero-order chi connectivity index (χ0) is 20.3. The third kappa shape index (κ3) is 4.73. The fraction of sp³-hybridized carbons (Fsp3) is 0.263. The average molecular weight is 427 g/mol. The maximum absolute atomic E-state index is 13.1. The van der Waals surface area contributed by atoms with Crippen molar-refractivity contribution in [1.82, 2.24) is 4.90 Å². The zero-order valence-corrected chi connectivity index (χ0v) is 16.2. The predicted molar refractivity (Wildman–Crippen MR) is 103 cm³/mol. The lowest BCUT2D eigenvalue weighted by Crippen LogP contribution is -2.44. The van der Waals surface area contributed by atoms with Gasteiger partial charge >= 0.3 is 5.97 Å². The van der Waals surface area contributed by atoms with Gasteiger partial charge in [-0.1, -0.05) is 35.3 Å². The first-order valence-corrected chi connectivity index (χ1v) is 9.17. The molecule has 6 nitrogen and oxygen atoms in total. The molecule has 0 aliphatic carbocycles. The molecule has 1 heterocycles. The third-order valence-electron chi connectivity index (χ3n) is 4.30. The summed E-state index contributed by atoms with van der Waals surface area (Å²) in [5.41, 5.74) is 6.56. The smallest absolute Gasteiger partial charge is 0.340 e. The quantitative estimate of drug-likeness (QED) is 0.597. The molecule has 1 atom stereocenters. The van der Waals surface area contributed by atoms with Gasteiger partial charge in [0.2, 0.25) is 0 Å². The van der Waals surface area contributed by atoms with Gasteiger partial charge in [0.05, 0.1) is 29.4 Å². The molecule has 0 aromatic heterocycles. The summed E-state index contributed by atoms with van der Waals surface area (Å²) >= 11 is 11.8. The van der Waals surface area contributed by atoms with Crippen molar-refractivity contribution >= 4 is 40.8 Å². The minimum Gasteiger partial charge on any atom is -0.452 e. The van der Waals surface area contributed by atoms with Crippen molar-refractivity contribution in [1.29, 1.82) is 0 Å². The molecule has 1 aliphatic heterocycles. The van der Waals surface area contributed by atoms with Crippen LogP contribution in [-0.2, 0) is 14.3 Å². The summed E-state index contributed by atoms with van der Waals surface area (Å²) in [6, 6.07) is 8.63. The number of carbonyl (C=O) groups is 2. The highest BCUT2D eigenvalue weighted by Crippen LogP contribution is 2.28. The Morgan fingerprint density at radius 3 is 2.68 bits per heavy atom. The summed E-state index contributed by atoms with van der Waals surface area (Å²) < 4.78 is 23.8. The van der Waals surface area contributed by atoms with Crippen molar-refractivity contribution in [3.63, 3.8) is 0 Å². The second-order valence-corrected chi connectivity index (χ2v) is 7.02. The van der Waals surface area contributed by atoms with Gasteiger partial charge in [0.1, 0.15) is 11.9 Å². The van der Waals surface area contributed by atoms with E-state index in [0.717, 1.165) is 5.56 Å². The zero-order valence-electron chi connectivity index (χ0n) is 14.7. The second-order valence-electron chi connectivity index (χ2n) is 6.18. The number of nitrogens with two attached hydrogens (primary N) is 1. The van der Waals surface area contributed by atoms with Gasteiger partial charge in [0.25, 0.3) is 5.91 Å². The van der Waals surface area contributed by atoms with E-state index in [1.165, 1.54) is 29.2 Å². The molecule has 2 aromatic carbocycles. The van der Waals surface area contributed by atoms with Gasteiger partial charge in [-0.2, -0.15) is 0 Å². The highest BCUT2D eigenvalue weighted by atomic mass is 35.5. The van der Waals surface area contributed by atoms with Crippen molar-refractivity contribution in [3.8, 4) is 0 Å². The number of hydrogen-bond acceptors (Lipinski definition) is 5. The summed E-state index contributed by atoms with van der Waals surface area (Å²) in [5, 5.41) is 0.355. The first-order valence-electron chi connectivity index (χ1n) is 8.41. The lowest BCUT2D eigenvalue weighted by molar-refractivity contribution is -0.142. The van der Waals surface area contributed by atoms with Crippen LogP contribution < -0.4 is 5.73 Å². The Balaban J connectivity index is 1.60. The molecule has 1 aliphatic rings. The van der Waals surface area contributed by atoms with Crippen LogP contribution in [0.2, 0.25) is 10.0 Å². The Kier molecular flexibility index (Phi) is 6.39. The molecule has 1 amide bonds. The van der Waals surface area contributed by atoms with Gasteiger partial charge in [0, 0.05) is 11.6 Å². The van der Waals surface area contributed by atoms with E-state index in [4.69, 9.17) is 38.4 Å². The van der Waals surface area contributed by atoms with E-state index in [9.17, 15) is 14.0 Å². The number of anilines is 1. The maximum atomic E-state index is 13.1. The summed E-state index contributed by atoms with van der Waals surface area (Å²) in [6.45, 7) is 0.490. The molecule has 0 radical (unpaired) electrons. The summed E-state index contributed by atoms with van der Waals surface area (Å²) in [5.74, 6) is -1.52. The van der Waals surface area contributed by atoms with Crippen molar-refractivity contribution < 1.29 is 23.5 Å². The standard InChI is InChI=1S/C19H17Cl2FN2O4/c20-12-7-14(18(23)15(21)8-12)19(26)28-10-17(25)24-5-6-27-16(9-24)11-1-3-13(22)4-2-11/h1-4,7-8,16H,5-6,9-10,23H2. The number of amides is 1. The van der Waals surface area contributed by atoms with Gasteiger partial charge in [-0.15, -0.1) is 0 Å². The molecule has 9 heteroatoms. The summed E-state index contributed by atoms with van der Waals surface area (Å²) in [6.07, 6.45) is -0.378. The van der Waals surface area contributed by atoms with Crippen molar-refractivity contribution in [2.24, 2.45) is 0 Å². The lowest BCUT2D eigenvalue weighted by atomic mass is 10.1. The van der Waals surface area contributed by atoms with Crippen LogP contribution in [0.15, 0.2) is 36.4 Å². The number of esters is 1. The predicted octanol–water partition coefficient (Wildman–Crippen LogP) is 3.47. The number of halogens is 3. The molecular formula is C19H17Cl2FN2O4. The second kappa shape index (κ2) is 8.77. The van der Waals surface area contributed by atoms with E-state index in [1.54, 1.807) is 12.1 Å². The number of carbonyl (C=O) groups excluding carboxylic acids is 2.